The number of urea groups is 1. The average molecular weight is 137 g/mol. The summed E-state index contributed by atoms with van der Waals surface area (Å²) in [6.45, 7) is 0. The maximum Gasteiger partial charge on any atom is 0.322 e. The normalized spacial score (nSPS) is 15.4. The molecular weight excluding hydrogens is 130 g/mol. The Labute approximate surface area is 58.3 Å². The first-order valence-corrected chi connectivity index (χ1v) is 2.75. The van der Waals surface area contributed by atoms with Gasteiger partial charge < -0.3 is 5.73 Å². The third kappa shape index (κ3) is 1.45. The van der Waals surface area contributed by atoms with Crippen LogP contribution in [0.1, 0.15) is 0 Å². The third-order valence-electron chi connectivity index (χ3n) is 0.987. The number of hydrogen-bond acceptors (Lipinski definition) is 2. The smallest absolute Gasteiger partial charge is 0.322 e. The summed E-state index contributed by atoms with van der Waals surface area (Å²) in [5, 5.41) is 0. The van der Waals surface area contributed by atoms with Crippen molar-refractivity contribution in [2.24, 2.45) is 10.7 Å². The van der Waals surface area contributed by atoms with Gasteiger partial charge in [-0.25, -0.2) is 4.79 Å². The van der Waals surface area contributed by atoms with Crippen LogP contribution >= 0.6 is 0 Å². The third-order valence-corrected chi connectivity index (χ3v) is 0.987. The van der Waals surface area contributed by atoms with Crippen molar-refractivity contribution in [1.82, 2.24) is 4.90 Å². The van der Waals surface area contributed by atoms with Gasteiger partial charge in [0.1, 0.15) is 0 Å². The first kappa shape index (κ1) is 6.54. The van der Waals surface area contributed by atoms with Crippen LogP contribution in [0.25, 0.3) is 0 Å². The van der Waals surface area contributed by atoms with Gasteiger partial charge in [-0.15, -0.1) is 0 Å². The van der Waals surface area contributed by atoms with Gasteiger partial charge >= 0.3 is 6.03 Å². The lowest BCUT2D eigenvalue weighted by Gasteiger charge is -2.06. The molecule has 0 unspecified atom stereocenters. The predicted octanol–water partition coefficient (Wildman–Crippen LogP) is 0.436. The minimum atomic E-state index is -0.516. The molecule has 2 N–H and O–H groups in total. The van der Waals surface area contributed by atoms with Crippen LogP contribution in [0, 0.1) is 0 Å². The van der Waals surface area contributed by atoms with E-state index in [0.717, 1.165) is 0 Å². The standard InChI is InChI=1S/C6H7N3O/c7-6(10)9-4-1-2-8-3-5-9/h1-5H,(H2,7,10). The van der Waals surface area contributed by atoms with Crippen molar-refractivity contribution in [2.75, 3.05) is 0 Å². The number of hydrogen-bond donors (Lipinski definition) is 1. The Morgan fingerprint density at radius 3 is 3.00 bits per heavy atom. The van der Waals surface area contributed by atoms with Crippen LogP contribution in [0.15, 0.2) is 29.7 Å². The summed E-state index contributed by atoms with van der Waals surface area (Å²) in [5.41, 5.74) is 4.97. The van der Waals surface area contributed by atoms with E-state index in [1.165, 1.54) is 23.5 Å². The van der Waals surface area contributed by atoms with Crippen molar-refractivity contribution < 1.29 is 4.79 Å². The summed E-state index contributed by atoms with van der Waals surface area (Å²) in [6.07, 6.45) is 7.71. The molecule has 0 saturated carbocycles. The number of nitrogens with two attached hydrogens (primary N) is 1. The molecule has 0 atom stereocenters. The van der Waals surface area contributed by atoms with Gasteiger partial charge in [0, 0.05) is 24.8 Å². The minimum absolute atomic E-state index is 0.516. The summed E-state index contributed by atoms with van der Waals surface area (Å²) in [4.78, 5) is 15.5. The van der Waals surface area contributed by atoms with Gasteiger partial charge in [0.15, 0.2) is 0 Å². The van der Waals surface area contributed by atoms with Gasteiger partial charge in [-0.3, -0.25) is 9.89 Å². The zero-order valence-corrected chi connectivity index (χ0v) is 5.27. The highest BCUT2D eigenvalue weighted by Gasteiger charge is 1.99. The van der Waals surface area contributed by atoms with Crippen LogP contribution in [0.3, 0.4) is 0 Å². The number of amides is 2. The Hall–Kier alpha value is -1.58. The molecule has 0 aromatic rings. The van der Waals surface area contributed by atoms with Crippen molar-refractivity contribution in [3.05, 3.63) is 24.7 Å². The quantitative estimate of drug-likeness (QED) is 0.517. The Morgan fingerprint density at radius 2 is 2.30 bits per heavy atom. The zero-order valence-electron chi connectivity index (χ0n) is 5.27. The fourth-order valence-corrected chi connectivity index (χ4v) is 0.538. The maximum atomic E-state index is 10.5. The lowest BCUT2D eigenvalue weighted by Crippen LogP contribution is -2.25. The van der Waals surface area contributed by atoms with Gasteiger partial charge in [0.25, 0.3) is 0 Å². The van der Waals surface area contributed by atoms with Gasteiger partial charge in [-0.05, 0) is 6.08 Å². The Morgan fingerprint density at radius 1 is 1.50 bits per heavy atom. The van der Waals surface area contributed by atoms with Crippen molar-refractivity contribution >= 4 is 12.2 Å². The van der Waals surface area contributed by atoms with Crippen LogP contribution in [-0.4, -0.2) is 17.1 Å². The van der Waals surface area contributed by atoms with Gasteiger partial charge in [0.2, 0.25) is 0 Å². The van der Waals surface area contributed by atoms with E-state index in [0.29, 0.717) is 0 Å². The van der Waals surface area contributed by atoms with E-state index >= 15 is 0 Å². The van der Waals surface area contributed by atoms with Gasteiger partial charge in [-0.2, -0.15) is 0 Å². The first-order chi connectivity index (χ1) is 4.80. The Kier molecular flexibility index (Phi) is 1.84. The molecule has 0 aliphatic carbocycles. The summed E-state index contributed by atoms with van der Waals surface area (Å²) in [6, 6.07) is -0.516. The van der Waals surface area contributed by atoms with Crippen molar-refractivity contribution in [1.29, 1.82) is 0 Å². The van der Waals surface area contributed by atoms with Crippen LogP contribution in [-0.2, 0) is 0 Å². The fourth-order valence-electron chi connectivity index (χ4n) is 0.538. The number of primary amides is 1. The lowest BCUT2D eigenvalue weighted by molar-refractivity contribution is 0.235. The number of allylic oxidation sites excluding steroid dienone is 1. The molecule has 1 heterocycles. The van der Waals surface area contributed by atoms with E-state index in [1.54, 1.807) is 12.3 Å². The van der Waals surface area contributed by atoms with Crippen LogP contribution in [0.4, 0.5) is 4.79 Å². The molecule has 10 heavy (non-hydrogen) atoms. The molecule has 1 rings (SSSR count). The van der Waals surface area contributed by atoms with E-state index in [4.69, 9.17) is 5.73 Å². The van der Waals surface area contributed by atoms with Crippen molar-refractivity contribution in [2.45, 2.75) is 0 Å². The molecule has 1 aliphatic rings. The second-order valence-corrected chi connectivity index (χ2v) is 1.68. The van der Waals surface area contributed by atoms with Gasteiger partial charge in [0.05, 0.1) is 0 Å². The maximum absolute atomic E-state index is 10.5. The molecule has 0 aromatic carbocycles. The highest BCUT2D eigenvalue weighted by molar-refractivity contribution is 5.78. The molecule has 1 aliphatic heterocycles. The second-order valence-electron chi connectivity index (χ2n) is 1.68. The van der Waals surface area contributed by atoms with E-state index < -0.39 is 6.03 Å². The largest absolute Gasteiger partial charge is 0.351 e. The summed E-state index contributed by atoms with van der Waals surface area (Å²) in [7, 11) is 0. The molecule has 0 bridgehead atoms. The van der Waals surface area contributed by atoms with E-state index in [9.17, 15) is 4.79 Å². The fraction of sp³-hybridized carbons (Fsp3) is 0. The van der Waals surface area contributed by atoms with Crippen LogP contribution < -0.4 is 5.73 Å². The molecule has 2 amide bonds. The molecule has 0 saturated heterocycles. The van der Waals surface area contributed by atoms with E-state index in [1.807, 2.05) is 0 Å². The second kappa shape index (κ2) is 2.82. The van der Waals surface area contributed by atoms with Crippen molar-refractivity contribution in [3.63, 3.8) is 0 Å². The monoisotopic (exact) mass is 137 g/mol. The summed E-state index contributed by atoms with van der Waals surface area (Å²) >= 11 is 0. The average Bonchev–Trinajstić information content (AvgIpc) is 2.12. The Bertz CT molecular complexity index is 201. The summed E-state index contributed by atoms with van der Waals surface area (Å²) < 4.78 is 0. The number of aliphatic imine (C=N–C) groups is 1. The molecule has 0 aromatic heterocycles. The van der Waals surface area contributed by atoms with Crippen LogP contribution in [0.2, 0.25) is 0 Å². The number of rotatable bonds is 0. The lowest BCUT2D eigenvalue weighted by atomic mass is 10.6. The van der Waals surface area contributed by atoms with Crippen LogP contribution in [0.5, 0.6) is 0 Å². The molecule has 0 spiro atoms. The SMILES string of the molecule is NC(=O)N1C=CC=NC=C1. The van der Waals surface area contributed by atoms with E-state index in [2.05, 4.69) is 4.99 Å². The molecule has 52 valence electrons. The van der Waals surface area contributed by atoms with E-state index in [-0.39, 0.29) is 0 Å². The van der Waals surface area contributed by atoms with Crippen molar-refractivity contribution in [3.8, 4) is 0 Å². The topological polar surface area (TPSA) is 58.7 Å². The molecule has 0 radical (unpaired) electrons. The highest BCUT2D eigenvalue weighted by atomic mass is 16.2. The molecule has 0 fully saturated rings. The number of carbonyl (C=O) groups is 1. The number of nitrogens with zero attached hydrogens (tertiary/aromatic N) is 2. The zero-order chi connectivity index (χ0) is 7.40. The number of carbonyl (C=O) groups excluding carboxylic acids is 1. The first-order valence-electron chi connectivity index (χ1n) is 2.75. The minimum Gasteiger partial charge on any atom is -0.351 e. The highest BCUT2D eigenvalue weighted by Crippen LogP contribution is 1.93. The molecule has 4 nitrogen and oxygen atoms in total. The summed E-state index contributed by atoms with van der Waals surface area (Å²) in [5.74, 6) is 0. The molecule has 4 heteroatoms. The molecular formula is C6H7N3O. The van der Waals surface area contributed by atoms with Gasteiger partial charge in [-0.1, -0.05) is 0 Å². The predicted molar refractivity (Wildman–Crippen MR) is 38.2 cm³/mol. The Balaban J connectivity index is 2.72.